The number of ether oxygens (including phenoxy) is 1. The lowest BCUT2D eigenvalue weighted by molar-refractivity contribution is -0.0743. The van der Waals surface area contributed by atoms with Crippen molar-refractivity contribution in [2.24, 2.45) is 5.41 Å². The molecular weight excluding hydrogens is 380 g/mol. The van der Waals surface area contributed by atoms with Crippen LogP contribution in [0.2, 0.25) is 0 Å². The molecular formula is C25H36O5. The van der Waals surface area contributed by atoms with E-state index in [1.54, 1.807) is 12.1 Å². The number of hydrogen-bond donors (Lipinski definition) is 4. The minimum Gasteiger partial charge on any atom is -0.507 e. The van der Waals surface area contributed by atoms with Crippen LogP contribution < -0.4 is 4.74 Å². The first-order chi connectivity index (χ1) is 13.9. The lowest BCUT2D eigenvalue weighted by atomic mass is 9.74. The maximum absolute atomic E-state index is 11.0. The fourth-order valence-electron chi connectivity index (χ4n) is 3.53. The Balaban J connectivity index is 2.79. The first-order valence-corrected chi connectivity index (χ1v) is 10.3. The summed E-state index contributed by atoms with van der Waals surface area (Å²) in [5, 5.41) is 41.5. The highest BCUT2D eigenvalue weighted by Gasteiger charge is 2.42. The van der Waals surface area contributed by atoms with E-state index in [4.69, 9.17) is 4.74 Å². The molecule has 1 unspecified atom stereocenters. The van der Waals surface area contributed by atoms with Gasteiger partial charge in [-0.25, -0.2) is 0 Å². The van der Waals surface area contributed by atoms with Crippen molar-refractivity contribution in [2.45, 2.75) is 58.5 Å². The van der Waals surface area contributed by atoms with Crippen LogP contribution in [0.25, 0.3) is 0 Å². The molecule has 1 atom stereocenters. The standard InChI is InChI=1S/C25H36O5/c1-23(2,3)19-12-17(13-20(21(19)29)24(4,5)6)22(25(14-26,15-27)16-28)30-18-10-8-7-9-11-18/h7-13,22,26-29H,14-16H2,1-6H3. The molecule has 0 heterocycles. The van der Waals surface area contributed by atoms with Gasteiger partial charge in [-0.05, 0) is 51.8 Å². The van der Waals surface area contributed by atoms with E-state index < -0.39 is 31.3 Å². The Hall–Kier alpha value is -2.08. The third kappa shape index (κ3) is 4.97. The predicted molar refractivity (Wildman–Crippen MR) is 119 cm³/mol. The number of aliphatic hydroxyl groups excluding tert-OH is 3. The summed E-state index contributed by atoms with van der Waals surface area (Å²) in [6.45, 7) is 10.7. The van der Waals surface area contributed by atoms with Gasteiger partial charge < -0.3 is 25.2 Å². The minimum atomic E-state index is -1.31. The average molecular weight is 417 g/mol. The maximum Gasteiger partial charge on any atom is 0.136 e. The van der Waals surface area contributed by atoms with Crippen LogP contribution >= 0.6 is 0 Å². The predicted octanol–water partition coefficient (Wildman–Crippen LogP) is 4.07. The van der Waals surface area contributed by atoms with E-state index in [0.717, 1.165) is 11.1 Å². The highest BCUT2D eigenvalue weighted by Crippen LogP contribution is 2.45. The topological polar surface area (TPSA) is 90.2 Å². The van der Waals surface area contributed by atoms with Gasteiger partial charge in [-0.15, -0.1) is 0 Å². The Morgan fingerprint density at radius 2 is 1.20 bits per heavy atom. The van der Waals surface area contributed by atoms with E-state index in [2.05, 4.69) is 0 Å². The fourth-order valence-corrected chi connectivity index (χ4v) is 3.53. The quantitative estimate of drug-likeness (QED) is 0.546. The number of benzene rings is 2. The van der Waals surface area contributed by atoms with Crippen molar-refractivity contribution in [3.8, 4) is 11.5 Å². The summed E-state index contributed by atoms with van der Waals surface area (Å²) in [4.78, 5) is 0. The van der Waals surface area contributed by atoms with Crippen LogP contribution in [0.15, 0.2) is 42.5 Å². The largest absolute Gasteiger partial charge is 0.507 e. The Morgan fingerprint density at radius 3 is 1.57 bits per heavy atom. The number of rotatable bonds is 7. The van der Waals surface area contributed by atoms with Gasteiger partial charge in [0.05, 0.1) is 25.2 Å². The molecule has 0 spiro atoms. The molecule has 0 saturated heterocycles. The van der Waals surface area contributed by atoms with E-state index in [9.17, 15) is 20.4 Å². The SMILES string of the molecule is CC(C)(C)c1cc(C(Oc2ccccc2)C(CO)(CO)CO)cc(C(C)(C)C)c1O. The first-order valence-electron chi connectivity index (χ1n) is 10.3. The molecule has 0 bridgehead atoms. The molecule has 2 aromatic carbocycles. The van der Waals surface area contributed by atoms with Crippen LogP contribution in [-0.2, 0) is 10.8 Å². The Kier molecular flexibility index (Phi) is 7.23. The van der Waals surface area contributed by atoms with Crippen LogP contribution in [0.5, 0.6) is 11.5 Å². The van der Waals surface area contributed by atoms with Gasteiger partial charge in [0.15, 0.2) is 0 Å². The van der Waals surface area contributed by atoms with Crippen molar-refractivity contribution in [1.82, 2.24) is 0 Å². The molecule has 5 nitrogen and oxygen atoms in total. The van der Waals surface area contributed by atoms with Gasteiger partial charge in [0, 0.05) is 0 Å². The van der Waals surface area contributed by atoms with Gasteiger partial charge in [0.1, 0.15) is 17.6 Å². The summed E-state index contributed by atoms with van der Waals surface area (Å²) in [5.74, 6) is 0.796. The number of aromatic hydroxyl groups is 1. The van der Waals surface area contributed by atoms with Gasteiger partial charge in [-0.2, -0.15) is 0 Å². The zero-order chi connectivity index (χ0) is 22.7. The van der Waals surface area contributed by atoms with Crippen molar-refractivity contribution in [1.29, 1.82) is 0 Å². The molecule has 0 fully saturated rings. The zero-order valence-electron chi connectivity index (χ0n) is 18.9. The summed E-state index contributed by atoms with van der Waals surface area (Å²) < 4.78 is 6.25. The van der Waals surface area contributed by atoms with Crippen molar-refractivity contribution in [3.05, 3.63) is 59.2 Å². The second-order valence-corrected chi connectivity index (χ2v) is 10.1. The Labute approximate surface area is 180 Å². The maximum atomic E-state index is 11.0. The Bertz CT molecular complexity index is 784. The molecule has 166 valence electrons. The number of aliphatic hydroxyl groups is 3. The van der Waals surface area contributed by atoms with Crippen LogP contribution in [0.4, 0.5) is 0 Å². The average Bonchev–Trinajstić information content (AvgIpc) is 2.68. The van der Waals surface area contributed by atoms with E-state index in [-0.39, 0.29) is 16.6 Å². The number of para-hydroxylation sites is 1. The second kappa shape index (κ2) is 8.96. The van der Waals surface area contributed by atoms with Gasteiger partial charge in [0.2, 0.25) is 0 Å². The number of phenolic OH excluding ortho intramolecular Hbond substituents is 1. The van der Waals surface area contributed by atoms with E-state index in [1.165, 1.54) is 0 Å². The summed E-state index contributed by atoms with van der Waals surface area (Å²) in [5.41, 5.74) is 0.166. The Morgan fingerprint density at radius 1 is 0.767 bits per heavy atom. The summed E-state index contributed by atoms with van der Waals surface area (Å²) >= 11 is 0. The molecule has 2 aromatic rings. The molecule has 5 heteroatoms. The lowest BCUT2D eigenvalue weighted by Gasteiger charge is -2.38. The number of phenols is 1. The molecule has 0 aliphatic carbocycles. The molecule has 2 rings (SSSR count). The molecule has 0 saturated carbocycles. The zero-order valence-corrected chi connectivity index (χ0v) is 18.9. The molecule has 0 aliphatic heterocycles. The molecule has 30 heavy (non-hydrogen) atoms. The minimum absolute atomic E-state index is 0.236. The van der Waals surface area contributed by atoms with Crippen molar-refractivity contribution < 1.29 is 25.2 Å². The normalized spacial score (nSPS) is 13.9. The lowest BCUT2D eigenvalue weighted by Crippen LogP contribution is -2.43. The molecule has 0 aromatic heterocycles. The molecule has 0 radical (unpaired) electrons. The number of hydrogen-bond acceptors (Lipinski definition) is 5. The van der Waals surface area contributed by atoms with Crippen molar-refractivity contribution in [2.75, 3.05) is 19.8 Å². The van der Waals surface area contributed by atoms with Crippen LogP contribution in [-0.4, -0.2) is 40.2 Å². The highest BCUT2D eigenvalue weighted by atomic mass is 16.5. The van der Waals surface area contributed by atoms with Gasteiger partial charge >= 0.3 is 0 Å². The third-order valence-electron chi connectivity index (χ3n) is 5.55. The van der Waals surface area contributed by atoms with Gasteiger partial charge in [0.25, 0.3) is 0 Å². The highest BCUT2D eigenvalue weighted by molar-refractivity contribution is 5.51. The summed E-state index contributed by atoms with van der Waals surface area (Å²) in [6.07, 6.45) is -0.831. The molecule has 4 N–H and O–H groups in total. The van der Waals surface area contributed by atoms with Crippen molar-refractivity contribution >= 4 is 0 Å². The second-order valence-electron chi connectivity index (χ2n) is 10.1. The van der Waals surface area contributed by atoms with Gasteiger partial charge in [-0.3, -0.25) is 0 Å². The van der Waals surface area contributed by atoms with E-state index in [1.807, 2.05) is 71.9 Å². The molecule has 0 amide bonds. The van der Waals surface area contributed by atoms with E-state index in [0.29, 0.717) is 11.3 Å². The molecule has 0 aliphatic rings. The van der Waals surface area contributed by atoms with Crippen LogP contribution in [0.3, 0.4) is 0 Å². The first kappa shape index (κ1) is 24.2. The van der Waals surface area contributed by atoms with E-state index >= 15 is 0 Å². The summed E-state index contributed by atoms with van der Waals surface area (Å²) in [7, 11) is 0. The van der Waals surface area contributed by atoms with Crippen molar-refractivity contribution in [3.63, 3.8) is 0 Å². The van der Waals surface area contributed by atoms with Crippen LogP contribution in [0.1, 0.15) is 64.3 Å². The monoisotopic (exact) mass is 416 g/mol. The van der Waals surface area contributed by atoms with Crippen LogP contribution in [0, 0.1) is 5.41 Å². The van der Waals surface area contributed by atoms with Gasteiger partial charge in [-0.1, -0.05) is 59.7 Å². The third-order valence-corrected chi connectivity index (χ3v) is 5.55. The summed E-state index contributed by atoms with van der Waals surface area (Å²) in [6, 6.07) is 12.8. The smallest absolute Gasteiger partial charge is 0.136 e. The fraction of sp³-hybridized carbons (Fsp3) is 0.520.